The molecule has 1 aliphatic heterocycles. The normalized spacial score (nSPS) is 14.5. The number of hydrogen-bond donors (Lipinski definition) is 0. The second kappa shape index (κ2) is 8.16. The lowest BCUT2D eigenvalue weighted by atomic mass is 10.1. The fourth-order valence-electron chi connectivity index (χ4n) is 3.63. The van der Waals surface area contributed by atoms with Gasteiger partial charge in [-0.2, -0.15) is 0 Å². The molecule has 4 rings (SSSR count). The van der Waals surface area contributed by atoms with Gasteiger partial charge in [0.25, 0.3) is 0 Å². The molecule has 3 heterocycles. The van der Waals surface area contributed by atoms with Crippen LogP contribution in [-0.4, -0.2) is 49.2 Å². The minimum absolute atomic E-state index is 0.0813. The maximum Gasteiger partial charge on any atom is 0.313 e. The van der Waals surface area contributed by atoms with Gasteiger partial charge in [0.05, 0.1) is 12.5 Å². The van der Waals surface area contributed by atoms with Gasteiger partial charge in [0.1, 0.15) is 22.9 Å². The first-order valence-corrected chi connectivity index (χ1v) is 10.7. The van der Waals surface area contributed by atoms with Gasteiger partial charge >= 0.3 is 5.97 Å². The lowest BCUT2D eigenvalue weighted by Gasteiger charge is -2.37. The number of esters is 1. The van der Waals surface area contributed by atoms with Crippen LogP contribution in [0.1, 0.15) is 16.3 Å². The number of halogens is 1. The van der Waals surface area contributed by atoms with E-state index in [0.29, 0.717) is 5.82 Å². The van der Waals surface area contributed by atoms with Gasteiger partial charge in [-0.15, -0.1) is 11.3 Å². The van der Waals surface area contributed by atoms with Gasteiger partial charge in [0, 0.05) is 41.8 Å². The summed E-state index contributed by atoms with van der Waals surface area (Å²) in [6.07, 6.45) is 0.0813. The summed E-state index contributed by atoms with van der Waals surface area (Å²) in [6.45, 7) is 7.64. The standard InChI is InChI=1S/C21H23ClN4O2S/c1-13-14(2)29-21-19(13)20(23-17(24-21)12-18(27)28-3)26-9-7-25(8-10-26)16-6-4-5-15(22)11-16/h4-6,11H,7-10,12H2,1-3H3. The molecule has 1 aromatic carbocycles. The molecule has 152 valence electrons. The Balaban J connectivity index is 1.63. The fourth-order valence-corrected chi connectivity index (χ4v) is 4.86. The number of benzene rings is 1. The molecule has 0 amide bonds. The monoisotopic (exact) mass is 430 g/mol. The smallest absolute Gasteiger partial charge is 0.313 e. The van der Waals surface area contributed by atoms with Crippen LogP contribution in [-0.2, 0) is 16.0 Å². The highest BCUT2D eigenvalue weighted by Gasteiger charge is 2.24. The number of ether oxygens (including phenoxy) is 1. The Morgan fingerprint density at radius 3 is 2.59 bits per heavy atom. The average molecular weight is 431 g/mol. The molecule has 0 N–H and O–H groups in total. The molecule has 0 aliphatic carbocycles. The predicted octanol–water partition coefficient (Wildman–Crippen LogP) is 4.00. The van der Waals surface area contributed by atoms with E-state index < -0.39 is 0 Å². The third-order valence-electron chi connectivity index (χ3n) is 5.34. The van der Waals surface area contributed by atoms with Gasteiger partial charge in [-0.25, -0.2) is 9.97 Å². The Kier molecular flexibility index (Phi) is 5.61. The Hall–Kier alpha value is -2.38. The summed E-state index contributed by atoms with van der Waals surface area (Å²) in [5, 5.41) is 1.84. The van der Waals surface area contributed by atoms with E-state index in [4.69, 9.17) is 21.3 Å². The molecule has 1 fully saturated rings. The van der Waals surface area contributed by atoms with E-state index in [2.05, 4.69) is 34.7 Å². The van der Waals surface area contributed by atoms with Gasteiger partial charge in [0.15, 0.2) is 0 Å². The third-order valence-corrected chi connectivity index (χ3v) is 6.67. The third kappa shape index (κ3) is 4.02. The van der Waals surface area contributed by atoms with Crippen LogP contribution in [0.4, 0.5) is 11.5 Å². The maximum atomic E-state index is 11.8. The largest absolute Gasteiger partial charge is 0.469 e. The van der Waals surface area contributed by atoms with Crippen molar-refractivity contribution in [3.8, 4) is 0 Å². The molecule has 1 aliphatic rings. The van der Waals surface area contributed by atoms with Gasteiger partial charge in [-0.05, 0) is 37.6 Å². The Morgan fingerprint density at radius 2 is 1.90 bits per heavy atom. The SMILES string of the molecule is COC(=O)Cc1nc(N2CCN(c3cccc(Cl)c3)CC2)c2c(C)c(C)sc2n1. The van der Waals surface area contributed by atoms with Gasteiger partial charge in [0.2, 0.25) is 0 Å². The van der Waals surface area contributed by atoms with Crippen molar-refractivity contribution in [2.24, 2.45) is 0 Å². The number of thiophene rings is 1. The van der Waals surface area contributed by atoms with Crippen molar-refractivity contribution in [1.82, 2.24) is 9.97 Å². The lowest BCUT2D eigenvalue weighted by Crippen LogP contribution is -2.47. The van der Waals surface area contributed by atoms with Crippen molar-refractivity contribution >= 4 is 50.6 Å². The van der Waals surface area contributed by atoms with Crippen molar-refractivity contribution in [2.75, 3.05) is 43.1 Å². The fraction of sp³-hybridized carbons (Fsp3) is 0.381. The Labute approximate surface area is 179 Å². The van der Waals surface area contributed by atoms with Crippen LogP contribution >= 0.6 is 22.9 Å². The van der Waals surface area contributed by atoms with E-state index in [1.165, 1.54) is 17.6 Å². The summed E-state index contributed by atoms with van der Waals surface area (Å²) in [4.78, 5) is 28.0. The van der Waals surface area contributed by atoms with Crippen LogP contribution < -0.4 is 9.80 Å². The van der Waals surface area contributed by atoms with Crippen LogP contribution in [0.3, 0.4) is 0 Å². The average Bonchev–Trinajstić information content (AvgIpc) is 3.01. The highest BCUT2D eigenvalue weighted by atomic mass is 35.5. The van der Waals surface area contributed by atoms with Crippen LogP contribution in [0.25, 0.3) is 10.2 Å². The van der Waals surface area contributed by atoms with Crippen LogP contribution in [0, 0.1) is 13.8 Å². The molecule has 0 radical (unpaired) electrons. The zero-order valence-electron chi connectivity index (χ0n) is 16.7. The molecule has 6 nitrogen and oxygen atoms in total. The van der Waals surface area contributed by atoms with Crippen LogP contribution in [0.5, 0.6) is 0 Å². The van der Waals surface area contributed by atoms with Crippen molar-refractivity contribution < 1.29 is 9.53 Å². The quantitative estimate of drug-likeness (QED) is 0.583. The van der Waals surface area contributed by atoms with E-state index in [-0.39, 0.29) is 12.4 Å². The molecular weight excluding hydrogens is 408 g/mol. The molecule has 0 spiro atoms. The van der Waals surface area contributed by atoms with E-state index >= 15 is 0 Å². The molecule has 8 heteroatoms. The number of carbonyl (C=O) groups excluding carboxylic acids is 1. The van der Waals surface area contributed by atoms with Gasteiger partial charge < -0.3 is 14.5 Å². The summed E-state index contributed by atoms with van der Waals surface area (Å²) in [5.41, 5.74) is 2.35. The maximum absolute atomic E-state index is 11.8. The van der Waals surface area contributed by atoms with E-state index in [1.54, 1.807) is 11.3 Å². The second-order valence-corrected chi connectivity index (χ2v) is 8.77. The summed E-state index contributed by atoms with van der Waals surface area (Å²) in [5.74, 6) is 1.10. The van der Waals surface area contributed by atoms with Gasteiger partial charge in [-0.3, -0.25) is 4.79 Å². The zero-order chi connectivity index (χ0) is 20.5. The molecule has 3 aromatic rings. The summed E-state index contributed by atoms with van der Waals surface area (Å²) < 4.78 is 4.81. The Bertz CT molecular complexity index is 1060. The number of anilines is 2. The molecular formula is C21H23ClN4O2S. The minimum Gasteiger partial charge on any atom is -0.469 e. The topological polar surface area (TPSA) is 58.6 Å². The predicted molar refractivity (Wildman–Crippen MR) is 118 cm³/mol. The first kappa shape index (κ1) is 19.9. The molecule has 0 unspecified atom stereocenters. The molecule has 0 bridgehead atoms. The number of rotatable bonds is 4. The van der Waals surface area contributed by atoms with Gasteiger partial charge in [-0.1, -0.05) is 17.7 Å². The number of aryl methyl sites for hydroxylation is 2. The van der Waals surface area contributed by atoms with E-state index in [0.717, 1.165) is 52.9 Å². The van der Waals surface area contributed by atoms with Crippen LogP contribution in [0.2, 0.25) is 5.02 Å². The van der Waals surface area contributed by atoms with Crippen molar-refractivity contribution in [1.29, 1.82) is 0 Å². The van der Waals surface area contributed by atoms with Crippen molar-refractivity contribution in [3.05, 3.63) is 45.6 Å². The highest BCUT2D eigenvalue weighted by Crippen LogP contribution is 2.35. The second-order valence-electron chi connectivity index (χ2n) is 7.13. The number of aromatic nitrogens is 2. The Morgan fingerprint density at radius 1 is 1.17 bits per heavy atom. The highest BCUT2D eigenvalue weighted by molar-refractivity contribution is 7.18. The molecule has 1 saturated heterocycles. The van der Waals surface area contributed by atoms with E-state index in [9.17, 15) is 4.79 Å². The van der Waals surface area contributed by atoms with Crippen molar-refractivity contribution in [3.63, 3.8) is 0 Å². The number of fused-ring (bicyclic) bond motifs is 1. The first-order chi connectivity index (χ1) is 14.0. The number of nitrogens with zero attached hydrogens (tertiary/aromatic N) is 4. The van der Waals surface area contributed by atoms with Crippen LogP contribution in [0.15, 0.2) is 24.3 Å². The van der Waals surface area contributed by atoms with E-state index in [1.807, 2.05) is 18.2 Å². The lowest BCUT2D eigenvalue weighted by molar-refractivity contribution is -0.139. The molecule has 2 aromatic heterocycles. The number of hydrogen-bond acceptors (Lipinski definition) is 7. The molecule has 0 saturated carbocycles. The molecule has 29 heavy (non-hydrogen) atoms. The summed E-state index contributed by atoms with van der Waals surface area (Å²) >= 11 is 7.80. The zero-order valence-corrected chi connectivity index (χ0v) is 18.3. The summed E-state index contributed by atoms with van der Waals surface area (Å²) in [6, 6.07) is 7.96. The summed E-state index contributed by atoms with van der Waals surface area (Å²) in [7, 11) is 1.39. The minimum atomic E-state index is -0.328. The number of carbonyl (C=O) groups is 1. The number of piperazine rings is 1. The first-order valence-electron chi connectivity index (χ1n) is 9.55. The molecule has 0 atom stereocenters. The van der Waals surface area contributed by atoms with Crippen molar-refractivity contribution in [2.45, 2.75) is 20.3 Å². The number of methoxy groups -OCH3 is 1.